The number of nitriles is 1. The molecule has 2 aromatic rings. The zero-order valence-electron chi connectivity index (χ0n) is 14.9. The van der Waals surface area contributed by atoms with Crippen LogP contribution in [0.5, 0.6) is 5.75 Å². The smallest absolute Gasteiger partial charge is 0.347 e. The fourth-order valence-corrected chi connectivity index (χ4v) is 2.36. The highest BCUT2D eigenvalue weighted by molar-refractivity contribution is 5.93. The number of hydrogen-bond donors (Lipinski definition) is 1. The van der Waals surface area contributed by atoms with Crippen LogP contribution in [-0.2, 0) is 14.3 Å². The van der Waals surface area contributed by atoms with Crippen molar-refractivity contribution in [3.8, 4) is 11.8 Å². The van der Waals surface area contributed by atoms with Crippen molar-refractivity contribution in [2.24, 2.45) is 0 Å². The number of hydrogen-bond acceptors (Lipinski definition) is 5. The molecule has 0 saturated heterocycles. The van der Waals surface area contributed by atoms with Crippen LogP contribution in [0.4, 0.5) is 5.69 Å². The lowest BCUT2D eigenvalue weighted by atomic mass is 10.1. The summed E-state index contributed by atoms with van der Waals surface area (Å²) in [5.74, 6) is -0.632. The van der Waals surface area contributed by atoms with E-state index in [4.69, 9.17) is 14.7 Å². The van der Waals surface area contributed by atoms with E-state index in [0.717, 1.165) is 11.1 Å². The summed E-state index contributed by atoms with van der Waals surface area (Å²) < 4.78 is 10.4. The van der Waals surface area contributed by atoms with E-state index in [-0.39, 0.29) is 0 Å². The molecule has 0 fully saturated rings. The number of rotatable bonds is 6. The number of carbonyl (C=O) groups is 2. The standard InChI is InChI=1S/C20H20N2O4/c1-13-8-14(2)10-17(9-13)22-19(23)12-25-20(24)15(3)26-18-6-4-16(11-21)5-7-18/h4-10,15H,12H2,1-3H3,(H,22,23)/t15-/m0/s1. The molecule has 0 aliphatic rings. The maximum atomic E-state index is 12.0. The second kappa shape index (κ2) is 8.67. The Hall–Kier alpha value is -3.33. The number of benzene rings is 2. The van der Waals surface area contributed by atoms with Gasteiger partial charge in [-0.05, 0) is 68.3 Å². The molecule has 0 heterocycles. The van der Waals surface area contributed by atoms with Crippen LogP contribution in [0.25, 0.3) is 0 Å². The highest BCUT2D eigenvalue weighted by Crippen LogP contribution is 2.15. The molecule has 0 spiro atoms. The van der Waals surface area contributed by atoms with Gasteiger partial charge < -0.3 is 14.8 Å². The topological polar surface area (TPSA) is 88.4 Å². The van der Waals surface area contributed by atoms with E-state index < -0.39 is 24.6 Å². The Bertz CT molecular complexity index is 818. The monoisotopic (exact) mass is 352 g/mol. The average Bonchev–Trinajstić information content (AvgIpc) is 2.59. The number of anilines is 1. The maximum Gasteiger partial charge on any atom is 0.347 e. The lowest BCUT2D eigenvalue weighted by Gasteiger charge is -2.14. The Balaban J connectivity index is 1.82. The summed E-state index contributed by atoms with van der Waals surface area (Å²) >= 11 is 0. The fraction of sp³-hybridized carbons (Fsp3) is 0.250. The van der Waals surface area contributed by atoms with Gasteiger partial charge in [0, 0.05) is 5.69 Å². The zero-order valence-corrected chi connectivity index (χ0v) is 14.9. The molecule has 2 rings (SSSR count). The first-order valence-electron chi connectivity index (χ1n) is 8.09. The Morgan fingerprint density at radius 1 is 1.12 bits per heavy atom. The molecule has 0 radical (unpaired) electrons. The Labute approximate surface area is 152 Å². The van der Waals surface area contributed by atoms with Crippen LogP contribution in [0.3, 0.4) is 0 Å². The van der Waals surface area contributed by atoms with Crippen LogP contribution in [0.15, 0.2) is 42.5 Å². The Morgan fingerprint density at radius 2 is 1.73 bits per heavy atom. The van der Waals surface area contributed by atoms with Crippen LogP contribution in [0, 0.1) is 25.2 Å². The number of esters is 1. The van der Waals surface area contributed by atoms with Gasteiger partial charge in [0.05, 0.1) is 11.6 Å². The van der Waals surface area contributed by atoms with Gasteiger partial charge in [0.25, 0.3) is 5.91 Å². The van der Waals surface area contributed by atoms with Gasteiger partial charge in [0.1, 0.15) is 5.75 Å². The van der Waals surface area contributed by atoms with Gasteiger partial charge in [-0.15, -0.1) is 0 Å². The van der Waals surface area contributed by atoms with Crippen molar-refractivity contribution >= 4 is 17.6 Å². The van der Waals surface area contributed by atoms with Crippen LogP contribution in [-0.4, -0.2) is 24.6 Å². The third-order valence-electron chi connectivity index (χ3n) is 3.48. The van der Waals surface area contributed by atoms with E-state index in [9.17, 15) is 9.59 Å². The van der Waals surface area contributed by atoms with Crippen LogP contribution < -0.4 is 10.1 Å². The van der Waals surface area contributed by atoms with Gasteiger partial charge in [0.15, 0.2) is 12.7 Å². The van der Waals surface area contributed by atoms with Crippen molar-refractivity contribution in [3.05, 3.63) is 59.2 Å². The van der Waals surface area contributed by atoms with E-state index in [0.29, 0.717) is 17.0 Å². The van der Waals surface area contributed by atoms with Crippen LogP contribution in [0.2, 0.25) is 0 Å². The Morgan fingerprint density at radius 3 is 2.31 bits per heavy atom. The summed E-state index contributed by atoms with van der Waals surface area (Å²) in [5, 5.41) is 11.4. The highest BCUT2D eigenvalue weighted by atomic mass is 16.6. The maximum absolute atomic E-state index is 12.0. The van der Waals surface area contributed by atoms with E-state index in [2.05, 4.69) is 5.32 Å². The molecule has 0 aromatic heterocycles. The van der Waals surface area contributed by atoms with Crippen molar-refractivity contribution in [1.82, 2.24) is 0 Å². The summed E-state index contributed by atoms with van der Waals surface area (Å²) in [7, 11) is 0. The van der Waals surface area contributed by atoms with E-state index in [1.54, 1.807) is 24.3 Å². The molecule has 134 valence electrons. The first kappa shape index (κ1) is 19.0. The molecule has 6 heteroatoms. The molecule has 0 saturated carbocycles. The van der Waals surface area contributed by atoms with Crippen molar-refractivity contribution in [3.63, 3.8) is 0 Å². The first-order chi connectivity index (χ1) is 12.4. The first-order valence-corrected chi connectivity index (χ1v) is 8.09. The number of ether oxygens (including phenoxy) is 2. The minimum Gasteiger partial charge on any atom is -0.479 e. The second-order valence-corrected chi connectivity index (χ2v) is 5.93. The summed E-state index contributed by atoms with van der Waals surface area (Å²) in [6.45, 7) is 5.00. The number of aryl methyl sites for hydroxylation is 2. The van der Waals surface area contributed by atoms with Gasteiger partial charge in [-0.2, -0.15) is 5.26 Å². The van der Waals surface area contributed by atoms with Gasteiger partial charge in [-0.3, -0.25) is 4.79 Å². The summed E-state index contributed by atoms with van der Waals surface area (Å²) in [6.07, 6.45) is -0.878. The molecule has 2 aromatic carbocycles. The van der Waals surface area contributed by atoms with Crippen molar-refractivity contribution in [2.45, 2.75) is 26.9 Å². The molecule has 0 aliphatic heterocycles. The fourth-order valence-electron chi connectivity index (χ4n) is 2.36. The molecule has 1 atom stereocenters. The number of amides is 1. The number of carbonyl (C=O) groups excluding carboxylic acids is 2. The Kier molecular flexibility index (Phi) is 6.34. The number of nitrogens with zero attached hydrogens (tertiary/aromatic N) is 1. The third-order valence-corrected chi connectivity index (χ3v) is 3.48. The lowest BCUT2D eigenvalue weighted by molar-refractivity contribution is -0.153. The SMILES string of the molecule is Cc1cc(C)cc(NC(=O)COC(=O)[C@H](C)Oc2ccc(C#N)cc2)c1. The zero-order chi connectivity index (χ0) is 19.1. The van der Waals surface area contributed by atoms with Gasteiger partial charge in [0.2, 0.25) is 0 Å². The molecular weight excluding hydrogens is 332 g/mol. The molecule has 26 heavy (non-hydrogen) atoms. The molecule has 0 aliphatic carbocycles. The lowest BCUT2D eigenvalue weighted by Crippen LogP contribution is -2.29. The third kappa shape index (κ3) is 5.64. The van der Waals surface area contributed by atoms with Crippen molar-refractivity contribution in [1.29, 1.82) is 5.26 Å². The predicted octanol–water partition coefficient (Wildman–Crippen LogP) is 3.12. The quantitative estimate of drug-likeness (QED) is 0.807. The predicted molar refractivity (Wildman–Crippen MR) is 96.8 cm³/mol. The molecule has 1 amide bonds. The van der Waals surface area contributed by atoms with Gasteiger partial charge >= 0.3 is 5.97 Å². The summed E-state index contributed by atoms with van der Waals surface area (Å²) in [5.41, 5.74) is 3.21. The second-order valence-electron chi connectivity index (χ2n) is 5.93. The minimum atomic E-state index is -0.878. The van der Waals surface area contributed by atoms with Crippen LogP contribution >= 0.6 is 0 Å². The molecule has 1 N–H and O–H groups in total. The van der Waals surface area contributed by atoms with Crippen LogP contribution in [0.1, 0.15) is 23.6 Å². The molecular formula is C20H20N2O4. The molecule has 0 bridgehead atoms. The highest BCUT2D eigenvalue weighted by Gasteiger charge is 2.18. The average molecular weight is 352 g/mol. The van der Waals surface area contributed by atoms with Crippen molar-refractivity contribution < 1.29 is 19.1 Å². The summed E-state index contributed by atoms with van der Waals surface area (Å²) in [6, 6.07) is 14.0. The largest absolute Gasteiger partial charge is 0.479 e. The molecule has 0 unspecified atom stereocenters. The minimum absolute atomic E-state index is 0.396. The normalized spacial score (nSPS) is 11.2. The van der Waals surface area contributed by atoms with E-state index in [1.807, 2.05) is 38.1 Å². The van der Waals surface area contributed by atoms with E-state index in [1.165, 1.54) is 6.92 Å². The van der Waals surface area contributed by atoms with Crippen molar-refractivity contribution in [2.75, 3.05) is 11.9 Å². The van der Waals surface area contributed by atoms with Gasteiger partial charge in [-0.25, -0.2) is 4.79 Å². The van der Waals surface area contributed by atoms with E-state index >= 15 is 0 Å². The molecule has 6 nitrogen and oxygen atoms in total. The summed E-state index contributed by atoms with van der Waals surface area (Å²) in [4.78, 5) is 23.9. The number of nitrogens with one attached hydrogen (secondary N) is 1. The van der Waals surface area contributed by atoms with Gasteiger partial charge in [-0.1, -0.05) is 6.07 Å².